The SMILES string of the molecule is CCCCSC(C)C(=O)NC(CN)C1CC1. The van der Waals surface area contributed by atoms with Crippen molar-refractivity contribution >= 4 is 17.7 Å². The maximum atomic E-state index is 11.9. The van der Waals surface area contributed by atoms with Gasteiger partial charge in [-0.2, -0.15) is 0 Å². The van der Waals surface area contributed by atoms with Gasteiger partial charge in [0.1, 0.15) is 0 Å². The number of unbranched alkanes of at least 4 members (excludes halogenated alkanes) is 1. The van der Waals surface area contributed by atoms with Crippen LogP contribution in [0.1, 0.15) is 39.5 Å². The van der Waals surface area contributed by atoms with Crippen LogP contribution in [-0.2, 0) is 4.79 Å². The number of carbonyl (C=O) groups excluding carboxylic acids is 1. The lowest BCUT2D eigenvalue weighted by atomic mass is 10.2. The predicted octanol–water partition coefficient (Wildman–Crippen LogP) is 1.76. The van der Waals surface area contributed by atoms with Crippen LogP contribution in [0.2, 0.25) is 0 Å². The van der Waals surface area contributed by atoms with Gasteiger partial charge in [0, 0.05) is 12.6 Å². The molecule has 3 N–H and O–H groups in total. The Morgan fingerprint density at radius 1 is 1.56 bits per heavy atom. The fourth-order valence-electron chi connectivity index (χ4n) is 1.65. The molecule has 94 valence electrons. The molecule has 4 heteroatoms. The van der Waals surface area contributed by atoms with Gasteiger partial charge < -0.3 is 11.1 Å². The number of nitrogens with one attached hydrogen (secondary N) is 1. The van der Waals surface area contributed by atoms with Gasteiger partial charge in [0.05, 0.1) is 5.25 Å². The number of nitrogens with two attached hydrogens (primary N) is 1. The molecule has 1 amide bonds. The van der Waals surface area contributed by atoms with Crippen LogP contribution in [0.4, 0.5) is 0 Å². The van der Waals surface area contributed by atoms with E-state index in [4.69, 9.17) is 5.73 Å². The molecule has 1 fully saturated rings. The summed E-state index contributed by atoms with van der Waals surface area (Å²) in [4.78, 5) is 11.9. The maximum Gasteiger partial charge on any atom is 0.233 e. The summed E-state index contributed by atoms with van der Waals surface area (Å²) in [6, 6.07) is 0.210. The zero-order valence-electron chi connectivity index (χ0n) is 10.4. The first kappa shape index (κ1) is 13.8. The molecule has 0 aromatic rings. The van der Waals surface area contributed by atoms with Crippen molar-refractivity contribution < 1.29 is 4.79 Å². The van der Waals surface area contributed by atoms with Crippen molar-refractivity contribution in [2.45, 2.75) is 50.8 Å². The zero-order chi connectivity index (χ0) is 12.0. The van der Waals surface area contributed by atoms with E-state index in [2.05, 4.69) is 12.2 Å². The highest BCUT2D eigenvalue weighted by molar-refractivity contribution is 8.00. The summed E-state index contributed by atoms with van der Waals surface area (Å²) in [6.45, 7) is 4.72. The third-order valence-corrected chi connectivity index (χ3v) is 4.25. The molecule has 0 spiro atoms. The van der Waals surface area contributed by atoms with Crippen molar-refractivity contribution in [3.05, 3.63) is 0 Å². The van der Waals surface area contributed by atoms with Gasteiger partial charge >= 0.3 is 0 Å². The Hall–Kier alpha value is -0.220. The van der Waals surface area contributed by atoms with Gasteiger partial charge in [-0.05, 0) is 37.9 Å². The van der Waals surface area contributed by atoms with Crippen molar-refractivity contribution in [1.82, 2.24) is 5.32 Å². The Bertz CT molecular complexity index is 219. The number of rotatable bonds is 8. The van der Waals surface area contributed by atoms with Crippen LogP contribution in [0.25, 0.3) is 0 Å². The molecule has 16 heavy (non-hydrogen) atoms. The Labute approximate surface area is 103 Å². The van der Waals surface area contributed by atoms with Gasteiger partial charge in [0.25, 0.3) is 0 Å². The van der Waals surface area contributed by atoms with Crippen molar-refractivity contribution in [1.29, 1.82) is 0 Å². The van der Waals surface area contributed by atoms with Gasteiger partial charge in [-0.3, -0.25) is 4.79 Å². The Balaban J connectivity index is 2.21. The molecular formula is C12H24N2OS. The summed E-state index contributed by atoms with van der Waals surface area (Å²) in [6.07, 6.45) is 4.82. The molecular weight excluding hydrogens is 220 g/mol. The summed E-state index contributed by atoms with van der Waals surface area (Å²) in [5, 5.41) is 3.13. The van der Waals surface area contributed by atoms with E-state index in [1.165, 1.54) is 25.7 Å². The van der Waals surface area contributed by atoms with E-state index in [-0.39, 0.29) is 17.2 Å². The molecule has 0 bridgehead atoms. The molecule has 0 saturated heterocycles. The Morgan fingerprint density at radius 3 is 2.75 bits per heavy atom. The molecule has 1 aliphatic rings. The molecule has 0 heterocycles. The lowest BCUT2D eigenvalue weighted by Gasteiger charge is -2.19. The van der Waals surface area contributed by atoms with E-state index in [1.54, 1.807) is 11.8 Å². The van der Waals surface area contributed by atoms with E-state index in [1.807, 2.05) is 6.92 Å². The average molecular weight is 244 g/mol. The number of amides is 1. The van der Waals surface area contributed by atoms with Gasteiger partial charge in [0.15, 0.2) is 0 Å². The largest absolute Gasteiger partial charge is 0.351 e. The highest BCUT2D eigenvalue weighted by atomic mass is 32.2. The third-order valence-electron chi connectivity index (χ3n) is 3.01. The van der Waals surface area contributed by atoms with E-state index in [0.717, 1.165) is 5.75 Å². The molecule has 0 aromatic heterocycles. The second kappa shape index (κ2) is 7.17. The zero-order valence-corrected chi connectivity index (χ0v) is 11.2. The first-order valence-electron chi connectivity index (χ1n) is 6.31. The Morgan fingerprint density at radius 2 is 2.25 bits per heavy atom. The first-order valence-corrected chi connectivity index (χ1v) is 7.36. The number of thioether (sulfide) groups is 1. The first-order chi connectivity index (χ1) is 7.69. The minimum Gasteiger partial charge on any atom is -0.351 e. The second-order valence-electron chi connectivity index (χ2n) is 4.55. The van der Waals surface area contributed by atoms with E-state index < -0.39 is 0 Å². The smallest absolute Gasteiger partial charge is 0.233 e. The van der Waals surface area contributed by atoms with Crippen LogP contribution >= 0.6 is 11.8 Å². The molecule has 3 nitrogen and oxygen atoms in total. The van der Waals surface area contributed by atoms with Gasteiger partial charge in [-0.15, -0.1) is 11.8 Å². The van der Waals surface area contributed by atoms with Crippen molar-refractivity contribution in [3.8, 4) is 0 Å². The highest BCUT2D eigenvalue weighted by Crippen LogP contribution is 2.32. The summed E-state index contributed by atoms with van der Waals surface area (Å²) < 4.78 is 0. The second-order valence-corrected chi connectivity index (χ2v) is 6.00. The molecule has 0 aromatic carbocycles. The lowest BCUT2D eigenvalue weighted by Crippen LogP contribution is -2.44. The summed E-state index contributed by atoms with van der Waals surface area (Å²) in [5.74, 6) is 1.87. The minimum atomic E-state index is 0.0550. The van der Waals surface area contributed by atoms with Crippen LogP contribution in [0, 0.1) is 5.92 Å². The summed E-state index contributed by atoms with van der Waals surface area (Å²) in [5.41, 5.74) is 5.66. The number of hydrogen-bond donors (Lipinski definition) is 2. The summed E-state index contributed by atoms with van der Waals surface area (Å²) >= 11 is 1.74. The summed E-state index contributed by atoms with van der Waals surface area (Å²) in [7, 11) is 0. The number of carbonyl (C=O) groups is 1. The molecule has 1 aliphatic carbocycles. The van der Waals surface area contributed by atoms with E-state index in [0.29, 0.717) is 12.5 Å². The topological polar surface area (TPSA) is 55.1 Å². The van der Waals surface area contributed by atoms with Crippen LogP contribution < -0.4 is 11.1 Å². The van der Waals surface area contributed by atoms with E-state index >= 15 is 0 Å². The normalized spacial score (nSPS) is 19.2. The molecule has 1 saturated carbocycles. The van der Waals surface area contributed by atoms with Crippen LogP contribution in [0.3, 0.4) is 0 Å². The predicted molar refractivity (Wildman–Crippen MR) is 70.5 cm³/mol. The Kier molecular flexibility index (Phi) is 6.21. The fraction of sp³-hybridized carbons (Fsp3) is 0.917. The lowest BCUT2D eigenvalue weighted by molar-refractivity contribution is -0.121. The molecule has 1 rings (SSSR count). The van der Waals surface area contributed by atoms with Crippen LogP contribution in [0.15, 0.2) is 0 Å². The van der Waals surface area contributed by atoms with Crippen molar-refractivity contribution in [2.75, 3.05) is 12.3 Å². The average Bonchev–Trinajstić information content (AvgIpc) is 3.09. The van der Waals surface area contributed by atoms with Crippen LogP contribution in [-0.4, -0.2) is 29.5 Å². The molecule has 0 aliphatic heterocycles. The van der Waals surface area contributed by atoms with Gasteiger partial charge in [-0.25, -0.2) is 0 Å². The number of hydrogen-bond acceptors (Lipinski definition) is 3. The fourth-order valence-corrected chi connectivity index (χ4v) is 2.68. The van der Waals surface area contributed by atoms with Gasteiger partial charge in [-0.1, -0.05) is 13.3 Å². The molecule has 0 radical (unpaired) electrons. The van der Waals surface area contributed by atoms with Crippen molar-refractivity contribution in [3.63, 3.8) is 0 Å². The minimum absolute atomic E-state index is 0.0550. The third kappa shape index (κ3) is 4.74. The standard InChI is InChI=1S/C12H24N2OS/c1-3-4-7-16-9(2)12(15)14-11(8-13)10-5-6-10/h9-11H,3-8,13H2,1-2H3,(H,14,15). The molecule has 2 atom stereocenters. The van der Waals surface area contributed by atoms with E-state index in [9.17, 15) is 4.79 Å². The van der Waals surface area contributed by atoms with Gasteiger partial charge in [0.2, 0.25) is 5.91 Å². The monoisotopic (exact) mass is 244 g/mol. The molecule has 2 unspecified atom stereocenters. The van der Waals surface area contributed by atoms with Crippen molar-refractivity contribution in [2.24, 2.45) is 11.7 Å². The maximum absolute atomic E-state index is 11.9. The quantitative estimate of drug-likeness (QED) is 0.640. The highest BCUT2D eigenvalue weighted by Gasteiger charge is 2.31. The van der Waals surface area contributed by atoms with Crippen LogP contribution in [0.5, 0.6) is 0 Å².